The number of amidine groups is 1. The van der Waals surface area contributed by atoms with Gasteiger partial charge >= 0.3 is 6.18 Å². The molecule has 0 unspecified atom stereocenters. The fraction of sp³-hybridized carbons (Fsp3) is 0.133. The van der Waals surface area contributed by atoms with E-state index in [1.165, 1.54) is 17.0 Å². The minimum atomic E-state index is -4.52. The molecule has 0 bridgehead atoms. The molecular formula is C15H10ClF3N2. The lowest BCUT2D eigenvalue weighted by Crippen LogP contribution is -2.26. The van der Waals surface area contributed by atoms with Crippen LogP contribution in [0.2, 0.25) is 5.02 Å². The highest BCUT2D eigenvalue weighted by atomic mass is 35.5. The zero-order valence-corrected chi connectivity index (χ0v) is 11.5. The first-order chi connectivity index (χ1) is 9.88. The topological polar surface area (TPSA) is 27.1 Å². The van der Waals surface area contributed by atoms with Crippen molar-refractivity contribution in [1.82, 2.24) is 0 Å². The number of anilines is 1. The number of nitrogens with zero attached hydrogens (tertiary/aromatic N) is 1. The van der Waals surface area contributed by atoms with Crippen molar-refractivity contribution in [1.29, 1.82) is 5.41 Å². The summed E-state index contributed by atoms with van der Waals surface area (Å²) in [6.45, 7) is 0.250. The molecule has 0 amide bonds. The normalized spacial score (nSPS) is 14.5. The number of benzene rings is 2. The first-order valence-corrected chi connectivity index (χ1v) is 6.57. The zero-order valence-electron chi connectivity index (χ0n) is 10.7. The highest BCUT2D eigenvalue weighted by molar-refractivity contribution is 6.30. The number of nitrogens with one attached hydrogen (secondary N) is 1. The van der Waals surface area contributed by atoms with Crippen molar-refractivity contribution in [3.63, 3.8) is 0 Å². The van der Waals surface area contributed by atoms with Gasteiger partial charge in [-0.25, -0.2) is 0 Å². The van der Waals surface area contributed by atoms with Crippen LogP contribution in [0.15, 0.2) is 42.5 Å². The molecule has 0 aromatic heterocycles. The average Bonchev–Trinajstić information content (AvgIpc) is 2.76. The summed E-state index contributed by atoms with van der Waals surface area (Å²) in [5, 5.41) is 8.13. The standard InChI is InChI=1S/C15H10ClF3N2/c16-10-5-6-13(12(7-10)15(17,18)19)21-8-9-3-1-2-4-11(9)14(21)20/h1-7,20H,8H2. The molecule has 1 aliphatic heterocycles. The van der Waals surface area contributed by atoms with Crippen molar-refractivity contribution >= 4 is 23.1 Å². The van der Waals surface area contributed by atoms with E-state index in [0.29, 0.717) is 5.56 Å². The number of fused-ring (bicyclic) bond motifs is 1. The van der Waals surface area contributed by atoms with Crippen LogP contribution in [0, 0.1) is 5.41 Å². The highest BCUT2D eigenvalue weighted by Gasteiger charge is 2.37. The summed E-state index contributed by atoms with van der Waals surface area (Å²) in [4.78, 5) is 1.35. The second kappa shape index (κ2) is 4.77. The van der Waals surface area contributed by atoms with Gasteiger partial charge in [-0.05, 0) is 23.8 Å². The second-order valence-corrected chi connectivity index (χ2v) is 5.19. The monoisotopic (exact) mass is 310 g/mol. The molecule has 1 heterocycles. The predicted octanol–water partition coefficient (Wildman–Crippen LogP) is 4.70. The third-order valence-corrected chi connectivity index (χ3v) is 3.66. The van der Waals surface area contributed by atoms with Gasteiger partial charge in [0.2, 0.25) is 0 Å². The number of hydrogen-bond donors (Lipinski definition) is 1. The average molecular weight is 311 g/mol. The van der Waals surface area contributed by atoms with E-state index in [0.717, 1.165) is 11.6 Å². The summed E-state index contributed by atoms with van der Waals surface area (Å²) in [6.07, 6.45) is -4.52. The lowest BCUT2D eigenvalue weighted by Gasteiger charge is -2.23. The van der Waals surface area contributed by atoms with E-state index in [9.17, 15) is 13.2 Å². The van der Waals surface area contributed by atoms with Gasteiger partial charge in [0.1, 0.15) is 5.84 Å². The van der Waals surface area contributed by atoms with Crippen LogP contribution in [0.3, 0.4) is 0 Å². The number of hydrogen-bond acceptors (Lipinski definition) is 1. The minimum Gasteiger partial charge on any atom is -0.321 e. The molecule has 0 fully saturated rings. The Hall–Kier alpha value is -2.01. The Kier molecular flexibility index (Phi) is 3.17. The van der Waals surface area contributed by atoms with Crippen molar-refractivity contribution in [3.05, 3.63) is 64.2 Å². The predicted molar refractivity (Wildman–Crippen MR) is 75.9 cm³/mol. The van der Waals surface area contributed by atoms with Crippen LogP contribution in [0.5, 0.6) is 0 Å². The molecule has 0 radical (unpaired) electrons. The van der Waals surface area contributed by atoms with E-state index in [-0.39, 0.29) is 23.1 Å². The van der Waals surface area contributed by atoms with E-state index < -0.39 is 11.7 Å². The molecule has 0 saturated heterocycles. The van der Waals surface area contributed by atoms with Crippen LogP contribution in [0.25, 0.3) is 0 Å². The molecule has 2 nitrogen and oxygen atoms in total. The van der Waals surface area contributed by atoms with Crippen molar-refractivity contribution in [3.8, 4) is 0 Å². The van der Waals surface area contributed by atoms with Gasteiger partial charge in [0, 0.05) is 10.6 Å². The molecule has 1 N–H and O–H groups in total. The molecule has 21 heavy (non-hydrogen) atoms. The van der Waals surface area contributed by atoms with Crippen molar-refractivity contribution in [2.75, 3.05) is 4.90 Å². The van der Waals surface area contributed by atoms with Gasteiger partial charge in [-0.3, -0.25) is 5.41 Å². The van der Waals surface area contributed by atoms with Gasteiger partial charge in [0.25, 0.3) is 0 Å². The smallest absolute Gasteiger partial charge is 0.321 e. The lowest BCUT2D eigenvalue weighted by molar-refractivity contribution is -0.137. The van der Waals surface area contributed by atoms with Crippen LogP contribution in [-0.4, -0.2) is 5.84 Å². The highest BCUT2D eigenvalue weighted by Crippen LogP contribution is 2.40. The maximum absolute atomic E-state index is 13.2. The van der Waals surface area contributed by atoms with Gasteiger partial charge in [-0.2, -0.15) is 13.2 Å². The summed E-state index contributed by atoms with van der Waals surface area (Å²) in [7, 11) is 0. The fourth-order valence-corrected chi connectivity index (χ4v) is 2.63. The van der Waals surface area contributed by atoms with Crippen LogP contribution >= 0.6 is 11.6 Å². The molecule has 0 saturated carbocycles. The fourth-order valence-electron chi connectivity index (χ4n) is 2.46. The van der Waals surface area contributed by atoms with Crippen LogP contribution < -0.4 is 4.90 Å². The Morgan fingerprint density at radius 3 is 2.48 bits per heavy atom. The molecule has 108 valence electrons. The van der Waals surface area contributed by atoms with Crippen LogP contribution in [-0.2, 0) is 12.7 Å². The summed E-state index contributed by atoms with van der Waals surface area (Å²) in [6, 6.07) is 10.7. The van der Waals surface area contributed by atoms with E-state index in [1.54, 1.807) is 12.1 Å². The minimum absolute atomic E-state index is 0.0225. The summed E-state index contributed by atoms with van der Waals surface area (Å²) in [5.41, 5.74) is 0.617. The van der Waals surface area contributed by atoms with Crippen LogP contribution in [0.1, 0.15) is 16.7 Å². The molecule has 1 aliphatic rings. The van der Waals surface area contributed by atoms with Gasteiger partial charge in [0.05, 0.1) is 17.8 Å². The summed E-state index contributed by atoms with van der Waals surface area (Å²) >= 11 is 5.68. The molecule has 2 aromatic carbocycles. The second-order valence-electron chi connectivity index (χ2n) is 4.75. The Bertz CT molecular complexity index is 725. The molecule has 0 aliphatic carbocycles. The molecule has 0 spiro atoms. The van der Waals surface area contributed by atoms with Gasteiger partial charge in [-0.15, -0.1) is 0 Å². The Morgan fingerprint density at radius 1 is 1.10 bits per heavy atom. The van der Waals surface area contributed by atoms with Crippen molar-refractivity contribution < 1.29 is 13.2 Å². The summed E-state index contributed by atoms with van der Waals surface area (Å²) in [5.74, 6) is 0.0680. The maximum atomic E-state index is 13.2. The van der Waals surface area contributed by atoms with Gasteiger partial charge < -0.3 is 4.90 Å². The number of alkyl halides is 3. The largest absolute Gasteiger partial charge is 0.418 e. The molecule has 3 rings (SSSR count). The van der Waals surface area contributed by atoms with E-state index in [2.05, 4.69) is 0 Å². The quantitative estimate of drug-likeness (QED) is 0.812. The Labute approximate surface area is 124 Å². The van der Waals surface area contributed by atoms with E-state index >= 15 is 0 Å². The van der Waals surface area contributed by atoms with E-state index in [1.807, 2.05) is 12.1 Å². The molecular weight excluding hydrogens is 301 g/mol. The van der Waals surface area contributed by atoms with Crippen molar-refractivity contribution in [2.24, 2.45) is 0 Å². The summed E-state index contributed by atoms with van der Waals surface area (Å²) < 4.78 is 39.5. The first kappa shape index (κ1) is 13.9. The Morgan fingerprint density at radius 2 is 1.81 bits per heavy atom. The first-order valence-electron chi connectivity index (χ1n) is 6.19. The molecule has 6 heteroatoms. The lowest BCUT2D eigenvalue weighted by atomic mass is 10.1. The third kappa shape index (κ3) is 2.38. The van der Waals surface area contributed by atoms with Gasteiger partial charge in [-0.1, -0.05) is 35.9 Å². The number of halogens is 4. The Balaban J connectivity index is 2.10. The van der Waals surface area contributed by atoms with Crippen LogP contribution in [0.4, 0.5) is 18.9 Å². The zero-order chi connectivity index (χ0) is 15.2. The maximum Gasteiger partial charge on any atom is 0.418 e. The molecule has 0 atom stereocenters. The van der Waals surface area contributed by atoms with Crippen molar-refractivity contribution in [2.45, 2.75) is 12.7 Å². The SMILES string of the molecule is N=C1c2ccccc2CN1c1ccc(Cl)cc1C(F)(F)F. The van der Waals surface area contributed by atoms with E-state index in [4.69, 9.17) is 17.0 Å². The van der Waals surface area contributed by atoms with Gasteiger partial charge in [0.15, 0.2) is 0 Å². The number of rotatable bonds is 1. The molecule has 2 aromatic rings. The third-order valence-electron chi connectivity index (χ3n) is 3.43.